The summed E-state index contributed by atoms with van der Waals surface area (Å²) >= 11 is 0. The summed E-state index contributed by atoms with van der Waals surface area (Å²) in [5, 5.41) is 0. The minimum Gasteiger partial charge on any atom is -0.494 e. The average Bonchev–Trinajstić information content (AvgIpc) is 2.52. The molecule has 0 radical (unpaired) electrons. The van der Waals surface area contributed by atoms with Gasteiger partial charge in [-0.05, 0) is 56.6 Å². The summed E-state index contributed by atoms with van der Waals surface area (Å²) in [5.41, 5.74) is 1.06. The van der Waals surface area contributed by atoms with Gasteiger partial charge in [0, 0.05) is 18.5 Å². The molecular weight excluding hydrogens is 246 g/mol. The van der Waals surface area contributed by atoms with Crippen molar-refractivity contribution >= 4 is 0 Å². The molecule has 0 amide bonds. The van der Waals surface area contributed by atoms with Crippen molar-refractivity contribution in [2.45, 2.75) is 39.0 Å². The van der Waals surface area contributed by atoms with E-state index in [-0.39, 0.29) is 0 Å². The molecule has 0 atom stereocenters. The normalized spacial score (nSPS) is 15.4. The van der Waals surface area contributed by atoms with E-state index in [1.165, 1.54) is 38.9 Å². The van der Waals surface area contributed by atoms with Gasteiger partial charge in [-0.2, -0.15) is 0 Å². The van der Waals surface area contributed by atoms with E-state index in [4.69, 9.17) is 4.74 Å². The van der Waals surface area contributed by atoms with E-state index in [0.29, 0.717) is 0 Å². The summed E-state index contributed by atoms with van der Waals surface area (Å²) < 4.78 is 5.78. The lowest BCUT2D eigenvalue weighted by Gasteiger charge is -2.26. The molecule has 0 aliphatic carbocycles. The highest BCUT2D eigenvalue weighted by atomic mass is 16.5. The Bertz CT molecular complexity index is 435. The third-order valence-electron chi connectivity index (χ3n) is 3.60. The van der Waals surface area contributed by atoms with Gasteiger partial charge >= 0.3 is 0 Å². The molecule has 2 nitrogen and oxygen atoms in total. The highest BCUT2D eigenvalue weighted by molar-refractivity contribution is 5.38. The smallest absolute Gasteiger partial charge is 0.119 e. The molecule has 20 heavy (non-hydrogen) atoms. The number of hydrogen-bond acceptors (Lipinski definition) is 2. The monoisotopic (exact) mass is 271 g/mol. The molecule has 0 spiro atoms. The lowest BCUT2D eigenvalue weighted by molar-refractivity contribution is 0.205. The SMILES string of the molecule is CCC#Cc1ccc(OCCCN2CCCCC2)cc1. The fourth-order valence-corrected chi connectivity index (χ4v) is 2.49. The Labute approximate surface area is 123 Å². The molecule has 0 unspecified atom stereocenters. The molecule has 2 heteroatoms. The molecule has 1 saturated heterocycles. The second-order valence-electron chi connectivity index (χ2n) is 5.28. The first-order valence-corrected chi connectivity index (χ1v) is 7.82. The van der Waals surface area contributed by atoms with Gasteiger partial charge in [0.05, 0.1) is 6.61 Å². The number of ether oxygens (including phenoxy) is 1. The van der Waals surface area contributed by atoms with E-state index in [1.54, 1.807) is 0 Å². The van der Waals surface area contributed by atoms with Crippen molar-refractivity contribution in [2.24, 2.45) is 0 Å². The van der Waals surface area contributed by atoms with Crippen LogP contribution in [0.25, 0.3) is 0 Å². The Kier molecular flexibility index (Phi) is 6.47. The first-order chi connectivity index (χ1) is 9.88. The fraction of sp³-hybridized carbons (Fsp3) is 0.556. The first-order valence-electron chi connectivity index (χ1n) is 7.82. The van der Waals surface area contributed by atoms with Gasteiger partial charge in [-0.1, -0.05) is 25.2 Å². The quantitative estimate of drug-likeness (QED) is 0.598. The van der Waals surface area contributed by atoms with Gasteiger partial charge in [-0.15, -0.1) is 0 Å². The van der Waals surface area contributed by atoms with Crippen LogP contribution in [0.3, 0.4) is 0 Å². The van der Waals surface area contributed by atoms with Gasteiger partial charge in [0.15, 0.2) is 0 Å². The fourth-order valence-electron chi connectivity index (χ4n) is 2.49. The molecule has 1 aliphatic heterocycles. The molecule has 1 aromatic carbocycles. The molecule has 1 aliphatic rings. The van der Waals surface area contributed by atoms with E-state index in [2.05, 4.69) is 23.7 Å². The molecule has 108 valence electrons. The maximum absolute atomic E-state index is 5.78. The van der Waals surface area contributed by atoms with Gasteiger partial charge in [0.1, 0.15) is 5.75 Å². The number of benzene rings is 1. The third kappa shape index (κ3) is 5.27. The summed E-state index contributed by atoms with van der Waals surface area (Å²) in [5.74, 6) is 7.15. The predicted molar refractivity (Wildman–Crippen MR) is 84.0 cm³/mol. The Morgan fingerprint density at radius 1 is 1.10 bits per heavy atom. The Morgan fingerprint density at radius 2 is 1.85 bits per heavy atom. The average molecular weight is 271 g/mol. The van der Waals surface area contributed by atoms with Crippen LogP contribution < -0.4 is 4.74 Å². The van der Waals surface area contributed by atoms with Crippen LogP contribution in [0.5, 0.6) is 5.75 Å². The number of likely N-dealkylation sites (tertiary alicyclic amines) is 1. The van der Waals surface area contributed by atoms with Crippen molar-refractivity contribution in [3.8, 4) is 17.6 Å². The summed E-state index contributed by atoms with van der Waals surface area (Å²) in [6, 6.07) is 8.09. The first kappa shape index (κ1) is 14.9. The summed E-state index contributed by atoms with van der Waals surface area (Å²) in [4.78, 5) is 2.55. The van der Waals surface area contributed by atoms with E-state index in [1.807, 2.05) is 24.3 Å². The second kappa shape index (κ2) is 8.66. The van der Waals surface area contributed by atoms with Crippen LogP contribution in [0, 0.1) is 11.8 Å². The van der Waals surface area contributed by atoms with Gasteiger partial charge < -0.3 is 9.64 Å². The molecule has 1 fully saturated rings. The highest BCUT2D eigenvalue weighted by Crippen LogP contribution is 2.13. The topological polar surface area (TPSA) is 12.5 Å². The third-order valence-corrected chi connectivity index (χ3v) is 3.60. The van der Waals surface area contributed by atoms with Crippen molar-refractivity contribution in [3.05, 3.63) is 29.8 Å². The van der Waals surface area contributed by atoms with Crippen LogP contribution in [0.1, 0.15) is 44.6 Å². The number of rotatable bonds is 5. The minimum absolute atomic E-state index is 0.802. The van der Waals surface area contributed by atoms with Crippen molar-refractivity contribution in [1.82, 2.24) is 4.90 Å². The molecule has 2 rings (SSSR count). The largest absolute Gasteiger partial charge is 0.494 e. The molecular formula is C18H25NO. The number of hydrogen-bond donors (Lipinski definition) is 0. The standard InChI is InChI=1S/C18H25NO/c1-2-3-8-17-9-11-18(12-10-17)20-16-7-15-19-13-5-4-6-14-19/h9-12H,2,4-7,13-16H2,1H3. The van der Waals surface area contributed by atoms with Crippen molar-refractivity contribution in [3.63, 3.8) is 0 Å². The number of piperidine rings is 1. The van der Waals surface area contributed by atoms with E-state index in [9.17, 15) is 0 Å². The Balaban J connectivity index is 1.66. The molecule has 1 heterocycles. The lowest BCUT2D eigenvalue weighted by atomic mass is 10.1. The van der Waals surface area contributed by atoms with Crippen LogP contribution in [0.4, 0.5) is 0 Å². The molecule has 0 bridgehead atoms. The van der Waals surface area contributed by atoms with Gasteiger partial charge in [0.25, 0.3) is 0 Å². The van der Waals surface area contributed by atoms with E-state index >= 15 is 0 Å². The molecule has 1 aromatic rings. The van der Waals surface area contributed by atoms with Crippen molar-refractivity contribution in [2.75, 3.05) is 26.2 Å². The molecule has 0 N–H and O–H groups in total. The maximum atomic E-state index is 5.78. The zero-order valence-corrected chi connectivity index (χ0v) is 12.5. The summed E-state index contributed by atoms with van der Waals surface area (Å²) in [7, 11) is 0. The predicted octanol–water partition coefficient (Wildman–Crippen LogP) is 3.70. The zero-order chi connectivity index (χ0) is 14.0. The van der Waals surface area contributed by atoms with E-state index < -0.39 is 0 Å². The van der Waals surface area contributed by atoms with Gasteiger partial charge in [-0.25, -0.2) is 0 Å². The van der Waals surface area contributed by atoms with Crippen LogP contribution in [0.2, 0.25) is 0 Å². The van der Waals surface area contributed by atoms with Crippen LogP contribution in [-0.2, 0) is 0 Å². The Hall–Kier alpha value is -1.46. The zero-order valence-electron chi connectivity index (χ0n) is 12.5. The number of nitrogens with zero attached hydrogens (tertiary/aromatic N) is 1. The van der Waals surface area contributed by atoms with E-state index in [0.717, 1.165) is 30.8 Å². The van der Waals surface area contributed by atoms with Crippen molar-refractivity contribution in [1.29, 1.82) is 0 Å². The summed E-state index contributed by atoms with van der Waals surface area (Å²) in [6.45, 7) is 6.57. The maximum Gasteiger partial charge on any atom is 0.119 e. The minimum atomic E-state index is 0.802. The van der Waals surface area contributed by atoms with Crippen LogP contribution >= 0.6 is 0 Å². The lowest BCUT2D eigenvalue weighted by Crippen LogP contribution is -2.31. The Morgan fingerprint density at radius 3 is 2.55 bits per heavy atom. The van der Waals surface area contributed by atoms with Gasteiger partial charge in [-0.3, -0.25) is 0 Å². The van der Waals surface area contributed by atoms with Gasteiger partial charge in [0.2, 0.25) is 0 Å². The van der Waals surface area contributed by atoms with Crippen LogP contribution in [0.15, 0.2) is 24.3 Å². The van der Waals surface area contributed by atoms with Crippen molar-refractivity contribution < 1.29 is 4.74 Å². The molecule has 0 aromatic heterocycles. The summed E-state index contributed by atoms with van der Waals surface area (Å²) in [6.07, 6.45) is 6.13. The highest BCUT2D eigenvalue weighted by Gasteiger charge is 2.08. The molecule has 0 saturated carbocycles. The second-order valence-corrected chi connectivity index (χ2v) is 5.28. The van der Waals surface area contributed by atoms with Crippen LogP contribution in [-0.4, -0.2) is 31.1 Å².